The minimum absolute atomic E-state index is 0.661. The van der Waals surface area contributed by atoms with Crippen LogP contribution in [0.25, 0.3) is 11.1 Å². The third kappa shape index (κ3) is 5.02. The fraction of sp³-hybridized carbons (Fsp3) is 0.400. The van der Waals surface area contributed by atoms with Crippen molar-refractivity contribution in [2.24, 2.45) is 0 Å². The smallest absolute Gasteiger partial charge is 0.0208 e. The lowest BCUT2D eigenvalue weighted by Crippen LogP contribution is -2.28. The Morgan fingerprint density at radius 1 is 0.762 bits per heavy atom. The highest BCUT2D eigenvalue weighted by Gasteiger charge is 2.05. The Morgan fingerprint density at radius 2 is 1.33 bits per heavy atom. The lowest BCUT2D eigenvalue weighted by atomic mass is 10.0. The molecule has 0 unspecified atom stereocenters. The van der Waals surface area contributed by atoms with Crippen molar-refractivity contribution in [2.75, 3.05) is 0 Å². The van der Waals surface area contributed by atoms with E-state index in [1.165, 1.54) is 42.4 Å². The van der Waals surface area contributed by atoms with Gasteiger partial charge in [-0.25, -0.2) is 0 Å². The van der Waals surface area contributed by atoms with Gasteiger partial charge in [-0.1, -0.05) is 81.3 Å². The summed E-state index contributed by atoms with van der Waals surface area (Å²) in [6.07, 6.45) is 5.06. The molecule has 1 nitrogen and oxygen atoms in total. The summed E-state index contributed by atoms with van der Waals surface area (Å²) in [7, 11) is 0. The molecule has 0 fully saturated rings. The molecule has 0 amide bonds. The molecule has 21 heavy (non-hydrogen) atoms. The minimum Gasteiger partial charge on any atom is -0.310 e. The van der Waals surface area contributed by atoms with Gasteiger partial charge in [0.2, 0.25) is 0 Å². The Bertz CT molecular complexity index is 495. The van der Waals surface area contributed by atoms with Crippen molar-refractivity contribution in [3.63, 3.8) is 0 Å². The predicted octanol–water partition coefficient (Wildman–Crippen LogP) is 5.41. The Balaban J connectivity index is 1.93. The highest BCUT2D eigenvalue weighted by molar-refractivity contribution is 5.63. The molecule has 0 heterocycles. The lowest BCUT2D eigenvalue weighted by molar-refractivity contribution is 0.443. The number of hydrogen-bond donors (Lipinski definition) is 1. The topological polar surface area (TPSA) is 12.0 Å². The molecule has 0 spiro atoms. The van der Waals surface area contributed by atoms with Crippen LogP contribution < -0.4 is 5.32 Å². The summed E-state index contributed by atoms with van der Waals surface area (Å²) in [4.78, 5) is 0. The molecule has 1 N–H and O–H groups in total. The first-order valence-corrected chi connectivity index (χ1v) is 8.21. The average molecular weight is 281 g/mol. The van der Waals surface area contributed by atoms with Crippen molar-refractivity contribution in [2.45, 2.75) is 52.1 Å². The summed E-state index contributed by atoms with van der Waals surface area (Å²) < 4.78 is 0. The van der Waals surface area contributed by atoms with Crippen molar-refractivity contribution in [3.8, 4) is 11.1 Å². The van der Waals surface area contributed by atoms with Crippen molar-refractivity contribution < 1.29 is 0 Å². The van der Waals surface area contributed by atoms with Crippen molar-refractivity contribution in [3.05, 3.63) is 60.2 Å². The second-order valence-corrected chi connectivity index (χ2v) is 5.72. The molecular formula is C20H27N. The van der Waals surface area contributed by atoms with Crippen LogP contribution in [0.4, 0.5) is 0 Å². The molecule has 0 aliphatic carbocycles. The second kappa shape index (κ2) is 8.63. The lowest BCUT2D eigenvalue weighted by Gasteiger charge is -2.17. The highest BCUT2D eigenvalue weighted by Crippen LogP contribution is 2.19. The maximum Gasteiger partial charge on any atom is 0.0208 e. The van der Waals surface area contributed by atoms with Crippen LogP contribution in [-0.4, -0.2) is 6.04 Å². The van der Waals surface area contributed by atoms with E-state index in [0.717, 1.165) is 6.54 Å². The summed E-state index contributed by atoms with van der Waals surface area (Å²) in [6.45, 7) is 5.50. The Hall–Kier alpha value is -1.60. The van der Waals surface area contributed by atoms with Gasteiger partial charge < -0.3 is 5.32 Å². The maximum atomic E-state index is 3.70. The van der Waals surface area contributed by atoms with Gasteiger partial charge in [-0.3, -0.25) is 0 Å². The minimum atomic E-state index is 0.661. The molecule has 0 aromatic heterocycles. The van der Waals surface area contributed by atoms with E-state index in [-0.39, 0.29) is 0 Å². The fourth-order valence-corrected chi connectivity index (χ4v) is 2.75. The molecule has 0 aliphatic rings. The van der Waals surface area contributed by atoms with E-state index in [4.69, 9.17) is 0 Å². The van der Waals surface area contributed by atoms with Gasteiger partial charge in [-0.2, -0.15) is 0 Å². The van der Waals surface area contributed by atoms with Crippen LogP contribution in [0.1, 0.15) is 45.1 Å². The molecule has 0 atom stereocenters. The van der Waals surface area contributed by atoms with E-state index >= 15 is 0 Å². The molecule has 2 aromatic rings. The molecule has 2 aromatic carbocycles. The zero-order valence-corrected chi connectivity index (χ0v) is 13.3. The van der Waals surface area contributed by atoms with Gasteiger partial charge in [0.1, 0.15) is 0 Å². The van der Waals surface area contributed by atoms with Crippen LogP contribution in [0, 0.1) is 0 Å². The van der Waals surface area contributed by atoms with Gasteiger partial charge in [0.15, 0.2) is 0 Å². The van der Waals surface area contributed by atoms with Crippen LogP contribution in [0.5, 0.6) is 0 Å². The van der Waals surface area contributed by atoms with E-state index < -0.39 is 0 Å². The number of rotatable bonds is 8. The van der Waals surface area contributed by atoms with Gasteiger partial charge in [0.25, 0.3) is 0 Å². The second-order valence-electron chi connectivity index (χ2n) is 5.72. The standard InChI is InChI=1S/C20H27N/c1-3-8-20(9-4-2)21-16-17-12-14-19(15-13-17)18-10-6-5-7-11-18/h5-7,10-15,20-21H,3-4,8-9,16H2,1-2H3. The molecule has 2 rings (SSSR count). The van der Waals surface area contributed by atoms with E-state index in [0.29, 0.717) is 6.04 Å². The monoisotopic (exact) mass is 281 g/mol. The van der Waals surface area contributed by atoms with Crippen molar-refractivity contribution >= 4 is 0 Å². The van der Waals surface area contributed by atoms with Crippen molar-refractivity contribution in [1.82, 2.24) is 5.32 Å². The summed E-state index contributed by atoms with van der Waals surface area (Å²) in [5, 5.41) is 3.70. The molecule has 0 radical (unpaired) electrons. The molecular weight excluding hydrogens is 254 g/mol. The van der Waals surface area contributed by atoms with Crippen LogP contribution >= 0.6 is 0 Å². The first kappa shape index (κ1) is 15.8. The molecule has 0 saturated heterocycles. The zero-order valence-electron chi connectivity index (χ0n) is 13.3. The fourth-order valence-electron chi connectivity index (χ4n) is 2.75. The molecule has 0 aliphatic heterocycles. The van der Waals surface area contributed by atoms with Crippen LogP contribution in [-0.2, 0) is 6.54 Å². The zero-order chi connectivity index (χ0) is 14.9. The van der Waals surface area contributed by atoms with E-state index in [1.54, 1.807) is 0 Å². The molecule has 0 saturated carbocycles. The van der Waals surface area contributed by atoms with E-state index in [2.05, 4.69) is 73.8 Å². The molecule has 1 heteroatoms. The van der Waals surface area contributed by atoms with Crippen LogP contribution in [0.3, 0.4) is 0 Å². The summed E-state index contributed by atoms with van der Waals surface area (Å²) >= 11 is 0. The predicted molar refractivity (Wildman–Crippen MR) is 92.3 cm³/mol. The maximum absolute atomic E-state index is 3.70. The van der Waals surface area contributed by atoms with E-state index in [9.17, 15) is 0 Å². The number of nitrogens with one attached hydrogen (secondary N) is 1. The Kier molecular flexibility index (Phi) is 6.49. The van der Waals surface area contributed by atoms with Gasteiger partial charge >= 0.3 is 0 Å². The summed E-state index contributed by atoms with van der Waals surface area (Å²) in [6, 6.07) is 20.1. The third-order valence-corrected chi connectivity index (χ3v) is 3.93. The van der Waals surface area contributed by atoms with E-state index in [1.807, 2.05) is 0 Å². The highest BCUT2D eigenvalue weighted by atomic mass is 14.9. The van der Waals surface area contributed by atoms with Gasteiger partial charge in [-0.15, -0.1) is 0 Å². The van der Waals surface area contributed by atoms with Gasteiger partial charge in [-0.05, 0) is 29.5 Å². The number of benzene rings is 2. The molecule has 112 valence electrons. The quantitative estimate of drug-likeness (QED) is 0.682. The average Bonchev–Trinajstić information content (AvgIpc) is 2.54. The SMILES string of the molecule is CCCC(CCC)NCc1ccc(-c2ccccc2)cc1. The Labute approximate surface area is 129 Å². The Morgan fingerprint density at radius 3 is 1.90 bits per heavy atom. The normalized spacial score (nSPS) is 11.0. The summed E-state index contributed by atoms with van der Waals surface area (Å²) in [5.74, 6) is 0. The molecule has 0 bridgehead atoms. The van der Waals surface area contributed by atoms with Gasteiger partial charge in [0.05, 0.1) is 0 Å². The third-order valence-electron chi connectivity index (χ3n) is 3.93. The summed E-state index contributed by atoms with van der Waals surface area (Å²) in [5.41, 5.74) is 3.94. The van der Waals surface area contributed by atoms with Crippen molar-refractivity contribution in [1.29, 1.82) is 0 Å². The largest absolute Gasteiger partial charge is 0.310 e. The first-order chi connectivity index (χ1) is 10.3. The number of hydrogen-bond acceptors (Lipinski definition) is 1. The first-order valence-electron chi connectivity index (χ1n) is 8.21. The van der Waals surface area contributed by atoms with Gasteiger partial charge in [0, 0.05) is 12.6 Å². The van der Waals surface area contributed by atoms with Crippen LogP contribution in [0.15, 0.2) is 54.6 Å². The van der Waals surface area contributed by atoms with Crippen LogP contribution in [0.2, 0.25) is 0 Å².